The van der Waals surface area contributed by atoms with E-state index in [-0.39, 0.29) is 17.7 Å². The van der Waals surface area contributed by atoms with Crippen molar-refractivity contribution < 1.29 is 14.7 Å². The Bertz CT molecular complexity index is 429. The third-order valence-electron chi connectivity index (χ3n) is 3.13. The first-order chi connectivity index (χ1) is 8.56. The highest BCUT2D eigenvalue weighted by atomic mass is 32.1. The molecule has 0 bridgehead atoms. The summed E-state index contributed by atoms with van der Waals surface area (Å²) in [5.41, 5.74) is 0. The normalized spacial score (nSPS) is 18.1. The number of carboxylic acids is 1. The van der Waals surface area contributed by atoms with Crippen molar-refractivity contribution >= 4 is 28.3 Å². The lowest BCUT2D eigenvalue weighted by atomic mass is 9.87. The van der Waals surface area contributed by atoms with Gasteiger partial charge in [0.2, 0.25) is 5.91 Å². The van der Waals surface area contributed by atoms with Gasteiger partial charge in [-0.3, -0.25) is 14.5 Å². The molecule has 1 aliphatic rings. The molecule has 1 unspecified atom stereocenters. The standard InChI is InChI=1S/C11H15N3O3S/c1-7(10(16)17)8-4-14(5-8)6-9(15)13-11-12-2-3-18-11/h2-3,7-8H,4-6H2,1H3,(H,16,17)(H,12,13,15). The van der Waals surface area contributed by atoms with Gasteiger partial charge in [-0.2, -0.15) is 0 Å². The number of carbonyl (C=O) groups excluding carboxylic acids is 1. The third-order valence-corrected chi connectivity index (χ3v) is 3.82. The molecule has 1 aromatic rings. The first kappa shape index (κ1) is 13.0. The van der Waals surface area contributed by atoms with Crippen LogP contribution >= 0.6 is 11.3 Å². The molecule has 7 heteroatoms. The van der Waals surface area contributed by atoms with Crippen molar-refractivity contribution in [2.24, 2.45) is 11.8 Å². The summed E-state index contributed by atoms with van der Waals surface area (Å²) < 4.78 is 0. The van der Waals surface area contributed by atoms with E-state index in [1.54, 1.807) is 18.5 Å². The number of carboxylic acid groups (broad SMARTS) is 1. The molecule has 98 valence electrons. The second-order valence-electron chi connectivity index (χ2n) is 4.47. The van der Waals surface area contributed by atoms with Crippen molar-refractivity contribution in [1.82, 2.24) is 9.88 Å². The van der Waals surface area contributed by atoms with Gasteiger partial charge in [-0.25, -0.2) is 4.98 Å². The molecule has 6 nitrogen and oxygen atoms in total. The van der Waals surface area contributed by atoms with Crippen molar-refractivity contribution in [2.45, 2.75) is 6.92 Å². The number of likely N-dealkylation sites (tertiary alicyclic amines) is 1. The lowest BCUT2D eigenvalue weighted by Crippen LogP contribution is -2.53. The first-order valence-corrected chi connectivity index (χ1v) is 6.58. The molecule has 1 fully saturated rings. The zero-order chi connectivity index (χ0) is 13.1. The van der Waals surface area contributed by atoms with Gasteiger partial charge in [0.05, 0.1) is 12.5 Å². The van der Waals surface area contributed by atoms with Crippen LogP contribution in [0.4, 0.5) is 5.13 Å². The van der Waals surface area contributed by atoms with E-state index in [4.69, 9.17) is 5.11 Å². The quantitative estimate of drug-likeness (QED) is 0.823. The fraction of sp³-hybridized carbons (Fsp3) is 0.545. The average Bonchev–Trinajstić information content (AvgIpc) is 2.74. The van der Waals surface area contributed by atoms with Crippen molar-refractivity contribution in [3.63, 3.8) is 0 Å². The van der Waals surface area contributed by atoms with Gasteiger partial charge in [-0.05, 0) is 5.92 Å². The van der Waals surface area contributed by atoms with Crippen LogP contribution in [0.5, 0.6) is 0 Å². The predicted molar refractivity (Wildman–Crippen MR) is 67.5 cm³/mol. The number of hydrogen-bond acceptors (Lipinski definition) is 5. The van der Waals surface area contributed by atoms with Crippen LogP contribution < -0.4 is 5.32 Å². The number of rotatable bonds is 5. The van der Waals surface area contributed by atoms with E-state index in [0.29, 0.717) is 24.8 Å². The number of thiazole rings is 1. The molecule has 2 N–H and O–H groups in total. The molecule has 0 aromatic carbocycles. The molecule has 2 rings (SSSR count). The Morgan fingerprint density at radius 2 is 2.39 bits per heavy atom. The van der Waals surface area contributed by atoms with Gasteiger partial charge in [-0.15, -0.1) is 11.3 Å². The van der Waals surface area contributed by atoms with E-state index in [0.717, 1.165) is 0 Å². The van der Waals surface area contributed by atoms with Crippen molar-refractivity contribution in [3.8, 4) is 0 Å². The molecule has 1 amide bonds. The summed E-state index contributed by atoms with van der Waals surface area (Å²) in [4.78, 5) is 28.3. The zero-order valence-corrected chi connectivity index (χ0v) is 10.8. The average molecular weight is 269 g/mol. The SMILES string of the molecule is CC(C(=O)O)C1CN(CC(=O)Nc2nccs2)C1. The number of hydrogen-bond donors (Lipinski definition) is 2. The van der Waals surface area contributed by atoms with E-state index in [9.17, 15) is 9.59 Å². The Morgan fingerprint density at radius 1 is 1.67 bits per heavy atom. The fourth-order valence-electron chi connectivity index (χ4n) is 1.90. The second-order valence-corrected chi connectivity index (χ2v) is 5.36. The molecule has 1 aromatic heterocycles. The molecule has 1 saturated heterocycles. The number of nitrogens with zero attached hydrogens (tertiary/aromatic N) is 2. The molecule has 1 atom stereocenters. The van der Waals surface area contributed by atoms with E-state index in [1.807, 2.05) is 4.90 Å². The summed E-state index contributed by atoms with van der Waals surface area (Å²) in [5, 5.41) is 13.9. The summed E-state index contributed by atoms with van der Waals surface area (Å²) in [6, 6.07) is 0. The first-order valence-electron chi connectivity index (χ1n) is 5.70. The van der Waals surface area contributed by atoms with E-state index in [2.05, 4.69) is 10.3 Å². The fourth-order valence-corrected chi connectivity index (χ4v) is 2.45. The van der Waals surface area contributed by atoms with Crippen LogP contribution in [0.2, 0.25) is 0 Å². The maximum absolute atomic E-state index is 11.6. The van der Waals surface area contributed by atoms with Gasteiger partial charge in [0, 0.05) is 24.7 Å². The van der Waals surface area contributed by atoms with Crippen LogP contribution in [0.3, 0.4) is 0 Å². The van der Waals surface area contributed by atoms with Crippen molar-refractivity contribution in [1.29, 1.82) is 0 Å². The third kappa shape index (κ3) is 3.05. The molecule has 0 saturated carbocycles. The molecule has 0 aliphatic carbocycles. The minimum absolute atomic E-state index is 0.105. The van der Waals surface area contributed by atoms with Crippen LogP contribution in [0, 0.1) is 11.8 Å². The molecule has 18 heavy (non-hydrogen) atoms. The van der Waals surface area contributed by atoms with Crippen LogP contribution in [-0.2, 0) is 9.59 Å². The van der Waals surface area contributed by atoms with Crippen molar-refractivity contribution in [2.75, 3.05) is 25.0 Å². The maximum Gasteiger partial charge on any atom is 0.306 e. The maximum atomic E-state index is 11.6. The largest absolute Gasteiger partial charge is 0.481 e. The smallest absolute Gasteiger partial charge is 0.306 e. The number of aliphatic carboxylic acids is 1. The van der Waals surface area contributed by atoms with Crippen LogP contribution in [-0.4, -0.2) is 46.5 Å². The van der Waals surface area contributed by atoms with Crippen LogP contribution in [0.25, 0.3) is 0 Å². The molecule has 0 spiro atoms. The molecule has 0 radical (unpaired) electrons. The summed E-state index contributed by atoms with van der Waals surface area (Å²) in [6.45, 7) is 3.33. The number of aromatic nitrogens is 1. The Balaban J connectivity index is 1.70. The van der Waals surface area contributed by atoms with Crippen LogP contribution in [0.1, 0.15) is 6.92 Å². The number of amides is 1. The predicted octanol–water partition coefficient (Wildman–Crippen LogP) is 0.734. The van der Waals surface area contributed by atoms with Crippen LogP contribution in [0.15, 0.2) is 11.6 Å². The monoisotopic (exact) mass is 269 g/mol. The van der Waals surface area contributed by atoms with E-state index in [1.165, 1.54) is 11.3 Å². The summed E-state index contributed by atoms with van der Waals surface area (Å²) in [5.74, 6) is -1.07. The summed E-state index contributed by atoms with van der Waals surface area (Å²) in [7, 11) is 0. The lowest BCUT2D eigenvalue weighted by molar-refractivity contribution is -0.145. The Kier molecular flexibility index (Phi) is 3.93. The zero-order valence-electron chi connectivity index (χ0n) is 10.00. The number of carbonyl (C=O) groups is 2. The highest BCUT2D eigenvalue weighted by molar-refractivity contribution is 7.13. The topological polar surface area (TPSA) is 82.5 Å². The molecular formula is C11H15N3O3S. The highest BCUT2D eigenvalue weighted by Crippen LogP contribution is 2.23. The van der Waals surface area contributed by atoms with E-state index < -0.39 is 5.97 Å². The molecular weight excluding hydrogens is 254 g/mol. The minimum Gasteiger partial charge on any atom is -0.481 e. The number of anilines is 1. The van der Waals surface area contributed by atoms with E-state index >= 15 is 0 Å². The summed E-state index contributed by atoms with van der Waals surface area (Å²) >= 11 is 1.37. The molecule has 1 aliphatic heterocycles. The summed E-state index contributed by atoms with van der Waals surface area (Å²) in [6.07, 6.45) is 1.63. The minimum atomic E-state index is -0.771. The van der Waals surface area contributed by atoms with Gasteiger partial charge in [-0.1, -0.05) is 6.92 Å². The Hall–Kier alpha value is -1.47. The Labute approximate surface area is 109 Å². The molecule has 2 heterocycles. The van der Waals surface area contributed by atoms with Crippen molar-refractivity contribution in [3.05, 3.63) is 11.6 Å². The number of nitrogens with one attached hydrogen (secondary N) is 1. The lowest BCUT2D eigenvalue weighted by Gasteiger charge is -2.40. The van der Waals surface area contributed by atoms with Gasteiger partial charge in [0.1, 0.15) is 0 Å². The Morgan fingerprint density at radius 3 is 2.94 bits per heavy atom. The van der Waals surface area contributed by atoms with Gasteiger partial charge < -0.3 is 10.4 Å². The van der Waals surface area contributed by atoms with Gasteiger partial charge >= 0.3 is 5.97 Å². The second kappa shape index (κ2) is 5.45. The van der Waals surface area contributed by atoms with Gasteiger partial charge in [0.15, 0.2) is 5.13 Å². The van der Waals surface area contributed by atoms with Gasteiger partial charge in [0.25, 0.3) is 0 Å². The highest BCUT2D eigenvalue weighted by Gasteiger charge is 2.35.